The Hall–Kier alpha value is 0.429. The van der Waals surface area contributed by atoms with E-state index < -0.39 is 0 Å². The fourth-order valence-corrected chi connectivity index (χ4v) is 0.606. The Morgan fingerprint density at radius 1 is 1.78 bits per heavy atom. The summed E-state index contributed by atoms with van der Waals surface area (Å²) in [5, 5.41) is 0. The van der Waals surface area contributed by atoms with Crippen LogP contribution >= 0.6 is 9.24 Å². The van der Waals surface area contributed by atoms with Crippen molar-refractivity contribution in [1.29, 1.82) is 0 Å². The van der Waals surface area contributed by atoms with Crippen molar-refractivity contribution in [1.82, 2.24) is 0 Å². The molecule has 0 N–H and O–H groups in total. The van der Waals surface area contributed by atoms with Crippen LogP contribution in [0.15, 0.2) is 22.7 Å². The van der Waals surface area contributed by atoms with Crippen LogP contribution in [-0.2, 0) is 16.0 Å². The van der Waals surface area contributed by atoms with Crippen LogP contribution in [0, 0.1) is 0 Å². The van der Waals surface area contributed by atoms with E-state index in [4.69, 9.17) is 16.0 Å². The minimum atomic E-state index is 0.972. The van der Waals surface area contributed by atoms with Gasteiger partial charge in [0.1, 0.15) is 0 Å². The molecule has 0 heterocycles. The Morgan fingerprint density at radius 2 is 2.33 bits per heavy atom. The zero-order valence-corrected chi connectivity index (χ0v) is 7.62. The summed E-state index contributed by atoms with van der Waals surface area (Å²) in [5.41, 5.74) is 0. The van der Waals surface area contributed by atoms with E-state index in [-0.39, 0.29) is 0 Å². The van der Waals surface area contributed by atoms with Crippen LogP contribution in [-0.4, -0.2) is 6.16 Å². The maximum absolute atomic E-state index is 4.93. The fraction of sp³-hybridized carbons (Fsp3) is 0.429. The summed E-state index contributed by atoms with van der Waals surface area (Å²) in [4.78, 5) is 0. The van der Waals surface area contributed by atoms with Crippen LogP contribution in [0.25, 0.3) is 0 Å². The Kier molecular flexibility index (Phi) is 6.86. The predicted molar refractivity (Wildman–Crippen MR) is 42.1 cm³/mol. The zero-order valence-electron chi connectivity index (χ0n) is 5.53. The molecule has 0 radical (unpaired) electrons. The van der Waals surface area contributed by atoms with E-state index in [1.165, 1.54) is 6.16 Å². The summed E-state index contributed by atoms with van der Waals surface area (Å²) >= 11 is 4.93. The van der Waals surface area contributed by atoms with Gasteiger partial charge in [0.25, 0.3) is 0 Å². The van der Waals surface area contributed by atoms with Gasteiger partial charge in [-0.3, -0.25) is 0 Å². The van der Waals surface area contributed by atoms with E-state index in [0.29, 0.717) is 0 Å². The first-order valence-electron chi connectivity index (χ1n) is 2.98. The van der Waals surface area contributed by atoms with Crippen LogP contribution in [0.3, 0.4) is 0 Å². The van der Waals surface area contributed by atoms with Gasteiger partial charge >= 0.3 is 45.1 Å². The van der Waals surface area contributed by atoms with Crippen molar-refractivity contribution >= 4 is 9.24 Å². The van der Waals surface area contributed by atoms with E-state index >= 15 is 0 Å². The van der Waals surface area contributed by atoms with Gasteiger partial charge in [-0.25, -0.2) is 0 Å². The summed E-state index contributed by atoms with van der Waals surface area (Å²) < 4.78 is 1.03. The quantitative estimate of drug-likeness (QED) is 0.406. The molecule has 1 aliphatic carbocycles. The second-order valence-electron chi connectivity index (χ2n) is 1.60. The Bertz CT molecular complexity index is 116. The number of hydrogen-bond acceptors (Lipinski definition) is 0. The molecule has 9 heavy (non-hydrogen) atoms. The third kappa shape index (κ3) is 6.31. The molecule has 0 aromatic carbocycles. The molecule has 1 aliphatic rings. The van der Waals surface area contributed by atoms with Crippen LogP contribution in [0.5, 0.6) is 0 Å². The van der Waals surface area contributed by atoms with Gasteiger partial charge in [0, 0.05) is 0 Å². The number of allylic oxidation sites excluding steroid dienone is 4. The second kappa shape index (κ2) is 6.55. The molecule has 0 amide bonds. The predicted octanol–water partition coefficient (Wildman–Crippen LogP) is 2.26. The SMILES string of the molecule is CCP.[Cu][C]1=CC=CC1. The molecule has 0 saturated heterocycles. The average molecular weight is 191 g/mol. The maximum atomic E-state index is 4.93. The van der Waals surface area contributed by atoms with E-state index in [2.05, 4.69) is 22.2 Å². The molecule has 0 saturated carbocycles. The van der Waals surface area contributed by atoms with Crippen molar-refractivity contribution in [2.75, 3.05) is 6.16 Å². The van der Waals surface area contributed by atoms with E-state index in [0.717, 1.165) is 10.9 Å². The van der Waals surface area contributed by atoms with Gasteiger partial charge in [0.15, 0.2) is 0 Å². The zero-order chi connectivity index (χ0) is 7.11. The summed E-state index contributed by atoms with van der Waals surface area (Å²) in [6, 6.07) is 0. The molecule has 1 unspecified atom stereocenters. The first kappa shape index (κ1) is 9.43. The standard InChI is InChI=1S/C5H5.C2H7P.Cu/c1-2-4-5-3-1;1-2-3;/h1-3H,4H2;2-3H2,1H3;. The van der Waals surface area contributed by atoms with Gasteiger partial charge in [-0.05, 0) is 6.16 Å². The molecule has 0 fully saturated rings. The van der Waals surface area contributed by atoms with Crippen LogP contribution in [0.1, 0.15) is 13.3 Å². The van der Waals surface area contributed by atoms with Gasteiger partial charge in [-0.15, -0.1) is 9.24 Å². The van der Waals surface area contributed by atoms with Gasteiger partial charge in [-0.1, -0.05) is 6.92 Å². The van der Waals surface area contributed by atoms with Crippen molar-refractivity contribution in [2.45, 2.75) is 13.3 Å². The molecule has 0 spiro atoms. The van der Waals surface area contributed by atoms with Crippen molar-refractivity contribution in [3.8, 4) is 0 Å². The first-order valence-corrected chi connectivity index (χ1v) is 4.27. The molecule has 0 aromatic rings. The minimum absolute atomic E-state index is 0.972. The van der Waals surface area contributed by atoms with E-state index in [1.54, 1.807) is 0 Å². The normalized spacial score (nSPS) is 14.4. The van der Waals surface area contributed by atoms with Gasteiger partial charge in [0.2, 0.25) is 0 Å². The monoisotopic (exact) mass is 190 g/mol. The van der Waals surface area contributed by atoms with Crippen molar-refractivity contribution in [2.24, 2.45) is 0 Å². The molecule has 56 valence electrons. The fourth-order valence-electron chi connectivity index (χ4n) is 0.405. The number of rotatable bonds is 0. The summed E-state index contributed by atoms with van der Waals surface area (Å²) in [7, 11) is 2.58. The van der Waals surface area contributed by atoms with Crippen LogP contribution in [0.4, 0.5) is 0 Å². The Balaban J connectivity index is 0.000000187. The third-order valence-electron chi connectivity index (χ3n) is 0.698. The summed E-state index contributed by atoms with van der Waals surface area (Å²) in [6.07, 6.45) is 8.12. The van der Waals surface area contributed by atoms with E-state index in [9.17, 15) is 0 Å². The molecule has 2 heteroatoms. The second-order valence-corrected chi connectivity index (χ2v) is 3.03. The molecule has 0 nitrogen and oxygen atoms in total. The summed E-state index contributed by atoms with van der Waals surface area (Å²) in [6.45, 7) is 2.09. The molecular weight excluding hydrogens is 179 g/mol. The summed E-state index contributed by atoms with van der Waals surface area (Å²) in [5.74, 6) is 0. The van der Waals surface area contributed by atoms with Crippen LogP contribution < -0.4 is 0 Å². The van der Waals surface area contributed by atoms with Crippen LogP contribution in [0.2, 0.25) is 0 Å². The Morgan fingerprint density at radius 3 is 2.44 bits per heavy atom. The van der Waals surface area contributed by atoms with Gasteiger partial charge in [-0.2, -0.15) is 0 Å². The topological polar surface area (TPSA) is 0 Å². The van der Waals surface area contributed by atoms with Crippen molar-refractivity contribution < 1.29 is 16.0 Å². The van der Waals surface area contributed by atoms with Crippen molar-refractivity contribution in [3.05, 3.63) is 22.7 Å². The number of hydrogen-bond donors (Lipinski definition) is 0. The molecule has 0 aliphatic heterocycles. The first-order chi connectivity index (χ1) is 4.31. The third-order valence-corrected chi connectivity index (χ3v) is 1.05. The van der Waals surface area contributed by atoms with Crippen molar-refractivity contribution in [3.63, 3.8) is 0 Å². The van der Waals surface area contributed by atoms with Gasteiger partial charge in [0.05, 0.1) is 0 Å². The molecule has 0 bridgehead atoms. The van der Waals surface area contributed by atoms with Gasteiger partial charge < -0.3 is 0 Å². The van der Waals surface area contributed by atoms with E-state index in [1.807, 2.05) is 12.2 Å². The molecular formula is C7H12CuP. The Labute approximate surface area is 67.8 Å². The average Bonchev–Trinajstić information content (AvgIpc) is 2.20. The molecule has 1 rings (SSSR count). The molecule has 0 aromatic heterocycles. The molecule has 1 atom stereocenters.